The summed E-state index contributed by atoms with van der Waals surface area (Å²) in [7, 11) is 0. The molecule has 0 bridgehead atoms. The highest BCUT2D eigenvalue weighted by molar-refractivity contribution is 5.73. The zero-order valence-corrected chi connectivity index (χ0v) is 11.1. The number of carbonyl (C=O) groups is 1. The van der Waals surface area contributed by atoms with Crippen molar-refractivity contribution in [3.63, 3.8) is 0 Å². The van der Waals surface area contributed by atoms with Gasteiger partial charge in [0.05, 0.1) is 0 Å². The van der Waals surface area contributed by atoms with Gasteiger partial charge in [0.1, 0.15) is 0 Å². The van der Waals surface area contributed by atoms with Gasteiger partial charge in [-0.15, -0.1) is 0 Å². The predicted molar refractivity (Wildman–Crippen MR) is 66.1 cm³/mol. The van der Waals surface area contributed by atoms with E-state index in [0.29, 0.717) is 5.92 Å². The maximum Gasteiger partial charge on any atom is 0.217 e. The first-order valence-corrected chi connectivity index (χ1v) is 5.99. The molecule has 0 aliphatic carbocycles. The summed E-state index contributed by atoms with van der Waals surface area (Å²) in [5, 5.41) is 2.96. The fourth-order valence-corrected chi connectivity index (χ4v) is 2.36. The van der Waals surface area contributed by atoms with Crippen LogP contribution in [0.15, 0.2) is 0 Å². The van der Waals surface area contributed by atoms with Gasteiger partial charge < -0.3 is 11.1 Å². The molecule has 0 aromatic heterocycles. The van der Waals surface area contributed by atoms with Gasteiger partial charge >= 0.3 is 0 Å². The van der Waals surface area contributed by atoms with Gasteiger partial charge in [-0.25, -0.2) is 0 Å². The van der Waals surface area contributed by atoms with E-state index in [2.05, 4.69) is 37.9 Å². The highest BCUT2D eigenvalue weighted by atomic mass is 16.1. The minimum absolute atomic E-state index is 0.0107. The second-order valence-corrected chi connectivity index (χ2v) is 5.94. The highest BCUT2D eigenvalue weighted by Gasteiger charge is 2.36. The lowest BCUT2D eigenvalue weighted by atomic mass is 9.87. The molecule has 1 saturated heterocycles. The van der Waals surface area contributed by atoms with E-state index in [9.17, 15) is 4.79 Å². The number of piperidine rings is 1. The second-order valence-electron chi connectivity index (χ2n) is 5.94. The average molecular weight is 227 g/mol. The molecular weight excluding hydrogens is 202 g/mol. The van der Waals surface area contributed by atoms with Crippen LogP contribution in [0.4, 0.5) is 0 Å². The largest absolute Gasteiger partial charge is 0.352 e. The van der Waals surface area contributed by atoms with Crippen molar-refractivity contribution in [1.82, 2.24) is 10.2 Å². The van der Waals surface area contributed by atoms with Gasteiger partial charge in [-0.2, -0.15) is 0 Å². The van der Waals surface area contributed by atoms with Crippen LogP contribution < -0.4 is 11.1 Å². The fourth-order valence-electron chi connectivity index (χ4n) is 2.36. The number of hydrogen-bond acceptors (Lipinski definition) is 3. The monoisotopic (exact) mass is 227 g/mol. The van der Waals surface area contributed by atoms with Gasteiger partial charge in [-0.05, 0) is 26.7 Å². The summed E-state index contributed by atoms with van der Waals surface area (Å²) in [6.07, 6.45) is 0. The summed E-state index contributed by atoms with van der Waals surface area (Å²) in [6.45, 7) is 12.1. The van der Waals surface area contributed by atoms with Crippen LogP contribution in [0.5, 0.6) is 0 Å². The molecular formula is C12H25N3O. The molecule has 1 heterocycles. The summed E-state index contributed by atoms with van der Waals surface area (Å²) in [5.74, 6) is 0.406. The molecule has 0 unspecified atom stereocenters. The lowest BCUT2D eigenvalue weighted by Gasteiger charge is -2.47. The van der Waals surface area contributed by atoms with Crippen LogP contribution in [0.2, 0.25) is 0 Å². The molecule has 1 fully saturated rings. The van der Waals surface area contributed by atoms with Crippen LogP contribution in [0, 0.1) is 5.92 Å². The molecule has 0 radical (unpaired) electrons. The number of carbonyl (C=O) groups excluding carboxylic acids is 1. The Morgan fingerprint density at radius 2 is 1.94 bits per heavy atom. The molecule has 0 saturated carbocycles. The molecule has 1 rings (SSSR count). The highest BCUT2D eigenvalue weighted by Crippen LogP contribution is 2.23. The molecule has 1 aliphatic rings. The maximum atomic E-state index is 11.1. The van der Waals surface area contributed by atoms with Crippen molar-refractivity contribution in [3.8, 4) is 0 Å². The Balaban J connectivity index is 2.67. The van der Waals surface area contributed by atoms with E-state index < -0.39 is 0 Å². The Kier molecular flexibility index (Phi) is 3.97. The lowest BCUT2D eigenvalue weighted by Crippen LogP contribution is -2.64. The Morgan fingerprint density at radius 3 is 2.31 bits per heavy atom. The average Bonchev–Trinajstić information content (AvgIpc) is 2.09. The molecule has 3 atom stereocenters. The van der Waals surface area contributed by atoms with Gasteiger partial charge in [-0.3, -0.25) is 9.69 Å². The molecule has 4 heteroatoms. The first kappa shape index (κ1) is 13.5. The van der Waals surface area contributed by atoms with Crippen molar-refractivity contribution in [2.75, 3.05) is 13.1 Å². The number of nitrogens with two attached hydrogens (primary N) is 1. The Bertz CT molecular complexity index is 247. The zero-order valence-electron chi connectivity index (χ0n) is 11.1. The van der Waals surface area contributed by atoms with Crippen LogP contribution >= 0.6 is 0 Å². The molecule has 3 N–H and O–H groups in total. The molecule has 4 nitrogen and oxygen atoms in total. The van der Waals surface area contributed by atoms with Crippen molar-refractivity contribution in [3.05, 3.63) is 0 Å². The number of hydrogen-bond donors (Lipinski definition) is 2. The normalized spacial score (nSPS) is 32.5. The molecule has 0 spiro atoms. The Hall–Kier alpha value is -0.610. The topological polar surface area (TPSA) is 58.4 Å². The summed E-state index contributed by atoms with van der Waals surface area (Å²) in [6, 6.07) is 0.128. The number of nitrogens with one attached hydrogen (secondary N) is 1. The molecule has 16 heavy (non-hydrogen) atoms. The van der Waals surface area contributed by atoms with Gasteiger partial charge in [-0.1, -0.05) is 6.92 Å². The van der Waals surface area contributed by atoms with Gasteiger partial charge in [0.15, 0.2) is 0 Å². The fraction of sp³-hybridized carbons (Fsp3) is 0.917. The standard InChI is InChI=1S/C12H25N3O/c1-8-6-15(12(3,4)5)7-10(13)11(8)14-9(2)16/h8,10-11H,6-7,13H2,1-5H3,(H,14,16)/t8-,10+,11-/m0/s1. The number of amides is 1. The molecule has 0 aromatic rings. The predicted octanol–water partition coefficient (Wildman–Crippen LogP) is 0.569. The van der Waals surface area contributed by atoms with Crippen molar-refractivity contribution in [2.45, 2.75) is 52.2 Å². The molecule has 1 aliphatic heterocycles. The summed E-state index contributed by atoms with van der Waals surface area (Å²) < 4.78 is 0. The van der Waals surface area contributed by atoms with Crippen LogP contribution in [0.1, 0.15) is 34.6 Å². The third-order valence-electron chi connectivity index (χ3n) is 3.33. The quantitative estimate of drug-likeness (QED) is 0.688. The van der Waals surface area contributed by atoms with Crippen molar-refractivity contribution >= 4 is 5.91 Å². The lowest BCUT2D eigenvalue weighted by molar-refractivity contribution is -0.120. The van der Waals surface area contributed by atoms with E-state index in [-0.39, 0.29) is 23.5 Å². The van der Waals surface area contributed by atoms with E-state index in [1.807, 2.05) is 0 Å². The summed E-state index contributed by atoms with van der Waals surface area (Å²) >= 11 is 0. The zero-order chi connectivity index (χ0) is 12.5. The smallest absolute Gasteiger partial charge is 0.217 e. The SMILES string of the molecule is CC(=O)N[C@@H]1[C@H](N)CN(C(C)(C)C)C[C@@H]1C. The van der Waals surface area contributed by atoms with Gasteiger partial charge in [0.25, 0.3) is 0 Å². The van der Waals surface area contributed by atoms with E-state index >= 15 is 0 Å². The minimum Gasteiger partial charge on any atom is -0.352 e. The number of rotatable bonds is 1. The maximum absolute atomic E-state index is 11.1. The molecule has 0 aromatic carbocycles. The van der Waals surface area contributed by atoms with Crippen LogP contribution in [0.3, 0.4) is 0 Å². The van der Waals surface area contributed by atoms with Crippen LogP contribution in [-0.4, -0.2) is 41.5 Å². The first-order chi connectivity index (χ1) is 7.21. The minimum atomic E-state index is 0.0107. The van der Waals surface area contributed by atoms with Crippen molar-refractivity contribution in [1.29, 1.82) is 0 Å². The Morgan fingerprint density at radius 1 is 1.38 bits per heavy atom. The first-order valence-electron chi connectivity index (χ1n) is 5.99. The van der Waals surface area contributed by atoms with Crippen molar-refractivity contribution in [2.24, 2.45) is 11.7 Å². The molecule has 94 valence electrons. The van der Waals surface area contributed by atoms with Crippen LogP contribution in [0.25, 0.3) is 0 Å². The molecule has 1 amide bonds. The third kappa shape index (κ3) is 3.19. The third-order valence-corrected chi connectivity index (χ3v) is 3.33. The van der Waals surface area contributed by atoms with E-state index in [1.54, 1.807) is 6.92 Å². The van der Waals surface area contributed by atoms with E-state index in [1.165, 1.54) is 0 Å². The Labute approximate surface area is 98.6 Å². The summed E-state index contributed by atoms with van der Waals surface area (Å²) in [4.78, 5) is 13.5. The van der Waals surface area contributed by atoms with Gasteiger partial charge in [0, 0.05) is 37.6 Å². The second kappa shape index (κ2) is 4.72. The number of nitrogens with zero attached hydrogens (tertiary/aromatic N) is 1. The van der Waals surface area contributed by atoms with Crippen molar-refractivity contribution < 1.29 is 4.79 Å². The van der Waals surface area contributed by atoms with Gasteiger partial charge in [0.2, 0.25) is 5.91 Å². The van der Waals surface area contributed by atoms with E-state index in [0.717, 1.165) is 13.1 Å². The van der Waals surface area contributed by atoms with Crippen LogP contribution in [-0.2, 0) is 4.79 Å². The summed E-state index contributed by atoms with van der Waals surface area (Å²) in [5.41, 5.74) is 6.29. The van der Waals surface area contributed by atoms with E-state index in [4.69, 9.17) is 5.73 Å². The number of likely N-dealkylation sites (tertiary alicyclic amines) is 1.